The van der Waals surface area contributed by atoms with Gasteiger partial charge in [0.15, 0.2) is 10.9 Å². The number of rotatable bonds is 7. The fraction of sp³-hybridized carbons (Fsp3) is 0.136. The molecule has 0 saturated carbocycles. The Bertz CT molecular complexity index is 1160. The smallest absolute Gasteiger partial charge is 0.274 e. The molecule has 2 aromatic carbocycles. The minimum Gasteiger partial charge on any atom is -0.347 e. The van der Waals surface area contributed by atoms with E-state index in [0.29, 0.717) is 28.2 Å². The van der Waals surface area contributed by atoms with Crippen molar-refractivity contribution in [1.29, 1.82) is 0 Å². The molecule has 0 radical (unpaired) electrons. The molecule has 7 nitrogen and oxygen atoms in total. The van der Waals surface area contributed by atoms with Crippen molar-refractivity contribution in [3.63, 3.8) is 0 Å². The first-order valence-corrected chi connectivity index (χ1v) is 10.9. The highest BCUT2D eigenvalue weighted by atomic mass is 35.5. The molecule has 2 heterocycles. The number of amides is 1. The van der Waals surface area contributed by atoms with Crippen LogP contribution in [0.4, 0.5) is 0 Å². The average Bonchev–Trinajstić information content (AvgIpc) is 3.22. The Morgan fingerprint density at radius 1 is 1.06 bits per heavy atom. The second-order valence-electron chi connectivity index (χ2n) is 6.76. The van der Waals surface area contributed by atoms with E-state index in [4.69, 9.17) is 11.6 Å². The van der Waals surface area contributed by atoms with Crippen LogP contribution >= 0.6 is 23.4 Å². The number of carbonyl (C=O) groups excluding carboxylic acids is 1. The third kappa shape index (κ3) is 5.28. The SMILES string of the molecule is Cc1ccc(-n2nnc(C(=O)NCc3ccc(Cl)cc3)c2CSc2ncccn2)cc1. The fourth-order valence-electron chi connectivity index (χ4n) is 2.86. The van der Waals surface area contributed by atoms with Gasteiger partial charge in [0.05, 0.1) is 11.4 Å². The van der Waals surface area contributed by atoms with Crippen LogP contribution in [-0.2, 0) is 12.3 Å². The Labute approximate surface area is 188 Å². The molecule has 156 valence electrons. The number of aryl methyl sites for hydroxylation is 1. The Balaban J connectivity index is 1.58. The zero-order valence-electron chi connectivity index (χ0n) is 16.7. The molecule has 0 unspecified atom stereocenters. The van der Waals surface area contributed by atoms with Gasteiger partial charge in [-0.25, -0.2) is 14.6 Å². The topological polar surface area (TPSA) is 85.6 Å². The molecule has 0 bridgehead atoms. The van der Waals surface area contributed by atoms with Crippen LogP contribution in [0.2, 0.25) is 5.02 Å². The summed E-state index contributed by atoms with van der Waals surface area (Å²) in [5, 5.41) is 12.6. The van der Waals surface area contributed by atoms with Gasteiger partial charge in [0, 0.05) is 29.7 Å². The summed E-state index contributed by atoms with van der Waals surface area (Å²) in [6.45, 7) is 2.38. The maximum atomic E-state index is 12.9. The zero-order chi connectivity index (χ0) is 21.6. The number of nitrogens with one attached hydrogen (secondary N) is 1. The molecule has 0 aliphatic carbocycles. The molecule has 0 atom stereocenters. The first-order chi connectivity index (χ1) is 15.1. The maximum absolute atomic E-state index is 12.9. The molecule has 0 spiro atoms. The van der Waals surface area contributed by atoms with Crippen LogP contribution in [0.25, 0.3) is 5.69 Å². The van der Waals surface area contributed by atoms with Crippen molar-refractivity contribution >= 4 is 29.3 Å². The summed E-state index contributed by atoms with van der Waals surface area (Å²) in [5.74, 6) is 0.145. The summed E-state index contributed by atoms with van der Waals surface area (Å²) in [7, 11) is 0. The van der Waals surface area contributed by atoms with E-state index in [0.717, 1.165) is 16.8 Å². The first-order valence-electron chi connectivity index (χ1n) is 9.54. The average molecular weight is 451 g/mol. The number of carbonyl (C=O) groups is 1. The first kappa shape index (κ1) is 21.0. The molecule has 1 amide bonds. The second-order valence-corrected chi connectivity index (χ2v) is 8.14. The lowest BCUT2D eigenvalue weighted by Crippen LogP contribution is -2.24. The molecule has 31 heavy (non-hydrogen) atoms. The molecule has 0 saturated heterocycles. The van der Waals surface area contributed by atoms with Gasteiger partial charge in [0.1, 0.15) is 0 Å². The van der Waals surface area contributed by atoms with E-state index < -0.39 is 0 Å². The number of aromatic nitrogens is 5. The predicted octanol–water partition coefficient (Wildman–Crippen LogP) is 4.24. The summed E-state index contributed by atoms with van der Waals surface area (Å²) in [5.41, 5.74) is 3.86. The summed E-state index contributed by atoms with van der Waals surface area (Å²) in [6, 6.07) is 17.0. The van der Waals surface area contributed by atoms with Crippen LogP contribution in [0, 0.1) is 6.92 Å². The van der Waals surface area contributed by atoms with Crippen molar-refractivity contribution < 1.29 is 4.79 Å². The highest BCUT2D eigenvalue weighted by Gasteiger charge is 2.21. The lowest BCUT2D eigenvalue weighted by molar-refractivity contribution is 0.0945. The molecule has 9 heteroatoms. The van der Waals surface area contributed by atoms with Crippen LogP contribution in [0.15, 0.2) is 72.1 Å². The van der Waals surface area contributed by atoms with Crippen molar-refractivity contribution in [2.24, 2.45) is 0 Å². The Hall–Kier alpha value is -3.23. The van der Waals surface area contributed by atoms with Gasteiger partial charge in [-0.1, -0.05) is 58.4 Å². The number of hydrogen-bond acceptors (Lipinski definition) is 6. The highest BCUT2D eigenvalue weighted by Crippen LogP contribution is 2.23. The van der Waals surface area contributed by atoms with E-state index >= 15 is 0 Å². The van der Waals surface area contributed by atoms with Gasteiger partial charge in [0.2, 0.25) is 0 Å². The third-order valence-electron chi connectivity index (χ3n) is 4.50. The standard InChI is InChI=1S/C22H19ClN6OS/c1-15-3-9-18(10-4-15)29-19(14-31-22-24-11-2-12-25-22)20(27-28-29)21(30)26-13-16-5-7-17(23)8-6-16/h2-12H,13-14H2,1H3,(H,26,30). The van der Waals surface area contributed by atoms with Crippen molar-refractivity contribution in [1.82, 2.24) is 30.3 Å². The number of halogens is 1. The molecule has 4 rings (SSSR count). The highest BCUT2D eigenvalue weighted by molar-refractivity contribution is 7.98. The number of thioether (sulfide) groups is 1. The molecular formula is C22H19ClN6OS. The van der Waals surface area contributed by atoms with Gasteiger partial charge >= 0.3 is 0 Å². The number of benzene rings is 2. The summed E-state index contributed by atoms with van der Waals surface area (Å²) < 4.78 is 1.69. The van der Waals surface area contributed by atoms with E-state index in [9.17, 15) is 4.79 Å². The quantitative estimate of drug-likeness (QED) is 0.335. The van der Waals surface area contributed by atoms with E-state index in [2.05, 4.69) is 25.6 Å². The van der Waals surface area contributed by atoms with Crippen molar-refractivity contribution in [2.75, 3.05) is 0 Å². The molecule has 0 aliphatic heterocycles. The lowest BCUT2D eigenvalue weighted by Gasteiger charge is -2.09. The summed E-state index contributed by atoms with van der Waals surface area (Å²) >= 11 is 7.35. The van der Waals surface area contributed by atoms with Crippen LogP contribution < -0.4 is 5.32 Å². The summed E-state index contributed by atoms with van der Waals surface area (Å²) in [4.78, 5) is 21.4. The molecule has 0 aliphatic rings. The monoisotopic (exact) mass is 450 g/mol. The van der Waals surface area contributed by atoms with Crippen LogP contribution in [0.1, 0.15) is 27.3 Å². The largest absolute Gasteiger partial charge is 0.347 e. The van der Waals surface area contributed by atoms with Crippen molar-refractivity contribution in [3.05, 3.63) is 94.5 Å². The van der Waals surface area contributed by atoms with Crippen LogP contribution in [-0.4, -0.2) is 30.9 Å². The minimum atomic E-state index is -0.294. The lowest BCUT2D eigenvalue weighted by atomic mass is 10.2. The van der Waals surface area contributed by atoms with Crippen molar-refractivity contribution in [3.8, 4) is 5.69 Å². The normalized spacial score (nSPS) is 10.8. The Kier molecular flexibility index (Phi) is 6.59. The van der Waals surface area contributed by atoms with Gasteiger partial charge in [-0.2, -0.15) is 0 Å². The fourth-order valence-corrected chi connectivity index (χ4v) is 3.78. The van der Waals surface area contributed by atoms with E-state index in [-0.39, 0.29) is 11.6 Å². The molecular weight excluding hydrogens is 432 g/mol. The van der Waals surface area contributed by atoms with Crippen LogP contribution in [0.3, 0.4) is 0 Å². The molecule has 0 fully saturated rings. The van der Waals surface area contributed by atoms with E-state index in [1.54, 1.807) is 35.3 Å². The second kappa shape index (κ2) is 9.72. The molecule has 1 N–H and O–H groups in total. The third-order valence-corrected chi connectivity index (χ3v) is 5.64. The van der Waals surface area contributed by atoms with Gasteiger partial charge in [-0.15, -0.1) is 5.10 Å². The van der Waals surface area contributed by atoms with Gasteiger partial charge < -0.3 is 5.32 Å². The zero-order valence-corrected chi connectivity index (χ0v) is 18.3. The number of hydrogen-bond donors (Lipinski definition) is 1. The Morgan fingerprint density at radius 3 is 2.48 bits per heavy atom. The van der Waals surface area contributed by atoms with Gasteiger partial charge in [-0.3, -0.25) is 4.79 Å². The number of nitrogens with zero attached hydrogens (tertiary/aromatic N) is 5. The van der Waals surface area contributed by atoms with E-state index in [1.807, 2.05) is 43.3 Å². The minimum absolute atomic E-state index is 0.276. The molecule has 2 aromatic heterocycles. The van der Waals surface area contributed by atoms with Crippen LogP contribution in [0.5, 0.6) is 0 Å². The van der Waals surface area contributed by atoms with E-state index in [1.165, 1.54) is 11.8 Å². The van der Waals surface area contributed by atoms with Gasteiger partial charge in [-0.05, 0) is 42.8 Å². The maximum Gasteiger partial charge on any atom is 0.274 e. The van der Waals surface area contributed by atoms with Gasteiger partial charge in [0.25, 0.3) is 5.91 Å². The Morgan fingerprint density at radius 2 is 1.77 bits per heavy atom. The summed E-state index contributed by atoms with van der Waals surface area (Å²) in [6.07, 6.45) is 3.37. The molecule has 4 aromatic rings. The van der Waals surface area contributed by atoms with Crippen molar-refractivity contribution in [2.45, 2.75) is 24.4 Å². The predicted molar refractivity (Wildman–Crippen MR) is 120 cm³/mol.